The highest BCUT2D eigenvalue weighted by Gasteiger charge is 2.16. The summed E-state index contributed by atoms with van der Waals surface area (Å²) in [4.78, 5) is 30.6. The molecule has 0 saturated heterocycles. The summed E-state index contributed by atoms with van der Waals surface area (Å²) in [5.41, 5.74) is 1.04. The lowest BCUT2D eigenvalue weighted by atomic mass is 10.2. The van der Waals surface area contributed by atoms with E-state index < -0.39 is 0 Å². The lowest BCUT2D eigenvalue weighted by Gasteiger charge is -2.12. The fourth-order valence-corrected chi connectivity index (χ4v) is 4.40. The van der Waals surface area contributed by atoms with Crippen LogP contribution in [0.3, 0.4) is 0 Å². The number of fused-ring (bicyclic) bond motifs is 1. The van der Waals surface area contributed by atoms with E-state index in [2.05, 4.69) is 5.32 Å². The second-order valence-electron chi connectivity index (χ2n) is 5.70. The van der Waals surface area contributed by atoms with E-state index in [1.807, 2.05) is 20.8 Å². The summed E-state index contributed by atoms with van der Waals surface area (Å²) in [7, 11) is 0. The fraction of sp³-hybridized carbons (Fsp3) is 0.588. The van der Waals surface area contributed by atoms with Crippen molar-refractivity contribution in [1.82, 2.24) is 14.9 Å². The van der Waals surface area contributed by atoms with Gasteiger partial charge in [-0.05, 0) is 32.8 Å². The number of amides is 1. The maximum atomic E-state index is 13.0. The Morgan fingerprint density at radius 3 is 2.84 bits per heavy atom. The van der Waals surface area contributed by atoms with Crippen LogP contribution in [-0.4, -0.2) is 41.0 Å². The van der Waals surface area contributed by atoms with Crippen molar-refractivity contribution in [2.45, 2.75) is 45.8 Å². The molecule has 0 radical (unpaired) electrons. The number of hydrogen-bond acceptors (Lipinski definition) is 6. The molecule has 25 heavy (non-hydrogen) atoms. The highest BCUT2D eigenvalue weighted by atomic mass is 32.2. The zero-order chi connectivity index (χ0) is 18.4. The number of thioether (sulfide) groups is 1. The normalized spacial score (nSPS) is 11.2. The molecule has 0 atom stereocenters. The van der Waals surface area contributed by atoms with E-state index in [4.69, 9.17) is 9.72 Å². The average Bonchev–Trinajstić information content (AvgIpc) is 2.84. The lowest BCUT2D eigenvalue weighted by molar-refractivity contribution is -0.118. The van der Waals surface area contributed by atoms with Crippen LogP contribution in [-0.2, 0) is 16.1 Å². The minimum atomic E-state index is -0.0531. The Kier molecular flexibility index (Phi) is 7.46. The number of hydrogen-bond donors (Lipinski definition) is 1. The number of ether oxygens (including phenoxy) is 1. The summed E-state index contributed by atoms with van der Waals surface area (Å²) in [6.07, 6.45) is 0.766. The van der Waals surface area contributed by atoms with Gasteiger partial charge in [0.15, 0.2) is 5.16 Å². The lowest BCUT2D eigenvalue weighted by Crippen LogP contribution is -2.25. The summed E-state index contributed by atoms with van der Waals surface area (Å²) in [6.45, 7) is 9.88. The van der Waals surface area contributed by atoms with Crippen LogP contribution in [0.1, 0.15) is 30.7 Å². The number of aryl methyl sites for hydroxylation is 2. The third-order valence-electron chi connectivity index (χ3n) is 3.84. The predicted molar refractivity (Wildman–Crippen MR) is 104 cm³/mol. The van der Waals surface area contributed by atoms with E-state index >= 15 is 0 Å². The molecule has 0 aliphatic heterocycles. The van der Waals surface area contributed by atoms with Crippen LogP contribution in [0.4, 0.5) is 0 Å². The van der Waals surface area contributed by atoms with E-state index in [-0.39, 0.29) is 11.5 Å². The molecule has 1 N–H and O–H groups in total. The van der Waals surface area contributed by atoms with Crippen LogP contribution < -0.4 is 10.9 Å². The monoisotopic (exact) mass is 383 g/mol. The first-order chi connectivity index (χ1) is 12.0. The minimum Gasteiger partial charge on any atom is -0.382 e. The van der Waals surface area contributed by atoms with Crippen LogP contribution in [0.25, 0.3) is 10.2 Å². The molecule has 2 aromatic heterocycles. The first-order valence-corrected chi connectivity index (χ1v) is 10.2. The Hall–Kier alpha value is -1.38. The Morgan fingerprint density at radius 2 is 2.16 bits per heavy atom. The van der Waals surface area contributed by atoms with Gasteiger partial charge in [-0.15, -0.1) is 11.3 Å². The second kappa shape index (κ2) is 9.35. The molecule has 0 saturated carbocycles. The smallest absolute Gasteiger partial charge is 0.263 e. The van der Waals surface area contributed by atoms with Crippen molar-refractivity contribution in [1.29, 1.82) is 0 Å². The van der Waals surface area contributed by atoms with Gasteiger partial charge in [0.05, 0.1) is 5.39 Å². The number of carbonyl (C=O) groups excluding carboxylic acids is 1. The largest absolute Gasteiger partial charge is 0.382 e. The molecule has 0 spiro atoms. The van der Waals surface area contributed by atoms with E-state index in [1.165, 1.54) is 18.7 Å². The summed E-state index contributed by atoms with van der Waals surface area (Å²) in [5, 5.41) is 4.20. The van der Waals surface area contributed by atoms with Crippen LogP contribution in [0, 0.1) is 13.8 Å². The molecule has 2 aromatic rings. The first-order valence-electron chi connectivity index (χ1n) is 8.41. The topological polar surface area (TPSA) is 73.2 Å². The molecule has 0 aliphatic rings. The summed E-state index contributed by atoms with van der Waals surface area (Å²) >= 11 is 3.06. The summed E-state index contributed by atoms with van der Waals surface area (Å²) in [6, 6.07) is 0. The standard InChI is InChI=1S/C17H25N3O3S2/c1-5-23-9-6-8-20-16(22)14-11(2)12(3)25-15(14)19-17(20)24-10-7-18-13(4)21/h5-10H2,1-4H3,(H,18,21). The van der Waals surface area contributed by atoms with Crippen molar-refractivity contribution in [3.05, 3.63) is 20.8 Å². The molecule has 2 heterocycles. The van der Waals surface area contributed by atoms with Gasteiger partial charge >= 0.3 is 0 Å². The SMILES string of the molecule is CCOCCCn1c(SCCNC(C)=O)nc2sc(C)c(C)c2c1=O. The first kappa shape index (κ1) is 19.9. The van der Waals surface area contributed by atoms with Crippen LogP contribution in [0.2, 0.25) is 0 Å². The number of carbonyl (C=O) groups is 1. The van der Waals surface area contributed by atoms with E-state index in [0.717, 1.165) is 27.1 Å². The molecule has 138 valence electrons. The molecule has 0 aliphatic carbocycles. The zero-order valence-corrected chi connectivity index (χ0v) is 16.8. The fourth-order valence-electron chi connectivity index (χ4n) is 2.45. The third-order valence-corrected chi connectivity index (χ3v) is 5.91. The number of aromatic nitrogens is 2. The molecule has 0 aromatic carbocycles. The second-order valence-corrected chi connectivity index (χ2v) is 7.96. The van der Waals surface area contributed by atoms with Gasteiger partial charge < -0.3 is 10.1 Å². The molecule has 8 heteroatoms. The van der Waals surface area contributed by atoms with Gasteiger partial charge in [0, 0.05) is 43.9 Å². The van der Waals surface area contributed by atoms with Crippen molar-refractivity contribution in [3.63, 3.8) is 0 Å². The van der Waals surface area contributed by atoms with Gasteiger partial charge in [-0.25, -0.2) is 4.98 Å². The Morgan fingerprint density at radius 1 is 1.40 bits per heavy atom. The third kappa shape index (κ3) is 5.05. The summed E-state index contributed by atoms with van der Waals surface area (Å²) < 4.78 is 7.14. The van der Waals surface area contributed by atoms with Crippen molar-refractivity contribution in [2.75, 3.05) is 25.5 Å². The molecule has 1 amide bonds. The number of rotatable bonds is 9. The van der Waals surface area contributed by atoms with Gasteiger partial charge in [0.1, 0.15) is 4.83 Å². The van der Waals surface area contributed by atoms with Gasteiger partial charge in [-0.1, -0.05) is 11.8 Å². The van der Waals surface area contributed by atoms with Crippen molar-refractivity contribution in [3.8, 4) is 0 Å². The Labute approximate surface area is 156 Å². The van der Waals surface area contributed by atoms with Crippen LogP contribution in [0.15, 0.2) is 9.95 Å². The summed E-state index contributed by atoms with van der Waals surface area (Å²) in [5.74, 6) is 0.620. The van der Waals surface area contributed by atoms with Crippen molar-refractivity contribution in [2.24, 2.45) is 0 Å². The Bertz CT molecular complexity index is 799. The maximum absolute atomic E-state index is 13.0. The number of nitrogens with one attached hydrogen (secondary N) is 1. The Balaban J connectivity index is 2.28. The average molecular weight is 384 g/mol. The highest BCUT2D eigenvalue weighted by molar-refractivity contribution is 7.99. The van der Waals surface area contributed by atoms with Crippen LogP contribution >= 0.6 is 23.1 Å². The molecular weight excluding hydrogens is 358 g/mol. The molecule has 0 unspecified atom stereocenters. The van der Waals surface area contributed by atoms with Gasteiger partial charge in [-0.2, -0.15) is 0 Å². The highest BCUT2D eigenvalue weighted by Crippen LogP contribution is 2.28. The van der Waals surface area contributed by atoms with Gasteiger partial charge in [-0.3, -0.25) is 14.2 Å². The van der Waals surface area contributed by atoms with E-state index in [1.54, 1.807) is 15.9 Å². The van der Waals surface area contributed by atoms with Crippen molar-refractivity contribution >= 4 is 39.2 Å². The number of thiophene rings is 1. The van der Waals surface area contributed by atoms with Gasteiger partial charge in [0.25, 0.3) is 5.56 Å². The van der Waals surface area contributed by atoms with Crippen LogP contribution in [0.5, 0.6) is 0 Å². The minimum absolute atomic E-state index is 0.0189. The zero-order valence-electron chi connectivity index (χ0n) is 15.2. The predicted octanol–water partition coefficient (Wildman–Crippen LogP) is 2.73. The molecule has 2 rings (SSSR count). The quantitative estimate of drug-likeness (QED) is 0.409. The molecule has 6 nitrogen and oxygen atoms in total. The van der Waals surface area contributed by atoms with Crippen molar-refractivity contribution < 1.29 is 9.53 Å². The van der Waals surface area contributed by atoms with E-state index in [0.29, 0.717) is 37.2 Å². The van der Waals surface area contributed by atoms with E-state index in [9.17, 15) is 9.59 Å². The number of nitrogens with zero attached hydrogens (tertiary/aromatic N) is 2. The molecular formula is C17H25N3O3S2. The maximum Gasteiger partial charge on any atom is 0.263 e. The molecule has 0 fully saturated rings. The molecule has 0 bridgehead atoms. The van der Waals surface area contributed by atoms with Gasteiger partial charge in [0.2, 0.25) is 5.91 Å².